The molecule has 0 unspecified atom stereocenters. The molecule has 0 aromatic carbocycles. The molecule has 62 valence electrons. The minimum atomic E-state index is -0.299. The summed E-state index contributed by atoms with van der Waals surface area (Å²) < 4.78 is 1.46. The number of imidazole rings is 1. The van der Waals surface area contributed by atoms with Crippen molar-refractivity contribution in [2.45, 2.75) is 6.61 Å². The topological polar surface area (TPSA) is 67.5 Å². The van der Waals surface area contributed by atoms with E-state index in [0.29, 0.717) is 5.69 Å². The average Bonchev–Trinajstić information content (AvgIpc) is 2.41. The van der Waals surface area contributed by atoms with Gasteiger partial charge in [0.1, 0.15) is 0 Å². The monoisotopic (exact) mass is 165 g/mol. The molecule has 0 saturated carbocycles. The fraction of sp³-hybridized carbons (Fsp3) is 0.286. The first-order valence-electron chi connectivity index (χ1n) is 3.21. The van der Waals surface area contributed by atoms with Crippen LogP contribution >= 0.6 is 0 Å². The Balaban J connectivity index is 3.34. The van der Waals surface area contributed by atoms with Gasteiger partial charge in [-0.25, -0.2) is 0 Å². The SMILES string of the molecule is C#Cc1nc(N=O)c(CO)n1C. The third-order valence-electron chi connectivity index (χ3n) is 1.56. The molecule has 0 saturated heterocycles. The molecule has 0 bridgehead atoms. The second kappa shape index (κ2) is 3.15. The molecule has 1 aromatic rings. The Kier molecular flexibility index (Phi) is 2.21. The van der Waals surface area contributed by atoms with Crippen LogP contribution in [0.1, 0.15) is 11.5 Å². The number of rotatable bonds is 2. The molecule has 0 aliphatic rings. The second-order valence-electron chi connectivity index (χ2n) is 2.16. The molecule has 5 nitrogen and oxygen atoms in total. The van der Waals surface area contributed by atoms with E-state index >= 15 is 0 Å². The van der Waals surface area contributed by atoms with E-state index in [1.165, 1.54) is 4.57 Å². The lowest BCUT2D eigenvalue weighted by atomic mass is 10.4. The van der Waals surface area contributed by atoms with Gasteiger partial charge in [0.15, 0.2) is 5.82 Å². The molecule has 0 spiro atoms. The van der Waals surface area contributed by atoms with Gasteiger partial charge in [0.25, 0.3) is 0 Å². The van der Waals surface area contributed by atoms with Crippen LogP contribution in [-0.4, -0.2) is 14.7 Å². The highest BCUT2D eigenvalue weighted by atomic mass is 16.3. The van der Waals surface area contributed by atoms with Gasteiger partial charge in [0.05, 0.1) is 12.3 Å². The number of aliphatic hydroxyl groups is 1. The van der Waals surface area contributed by atoms with Gasteiger partial charge in [-0.2, -0.15) is 4.98 Å². The lowest BCUT2D eigenvalue weighted by molar-refractivity contribution is 0.273. The molecule has 1 rings (SSSR count). The summed E-state index contributed by atoms with van der Waals surface area (Å²) in [4.78, 5) is 13.9. The van der Waals surface area contributed by atoms with Crippen molar-refractivity contribution in [1.29, 1.82) is 0 Å². The molecule has 0 aliphatic heterocycles. The maximum absolute atomic E-state index is 10.2. The van der Waals surface area contributed by atoms with Crippen molar-refractivity contribution >= 4 is 5.82 Å². The van der Waals surface area contributed by atoms with Gasteiger partial charge in [-0.3, -0.25) is 0 Å². The van der Waals surface area contributed by atoms with Gasteiger partial charge in [0, 0.05) is 7.05 Å². The van der Waals surface area contributed by atoms with Crippen molar-refractivity contribution < 1.29 is 5.11 Å². The number of hydrogen-bond donors (Lipinski definition) is 1. The maximum atomic E-state index is 10.2. The molecule has 0 atom stereocenters. The summed E-state index contributed by atoms with van der Waals surface area (Å²) in [7, 11) is 1.61. The van der Waals surface area contributed by atoms with Crippen molar-refractivity contribution in [2.24, 2.45) is 12.2 Å². The van der Waals surface area contributed by atoms with Gasteiger partial charge < -0.3 is 9.67 Å². The molecule has 1 aromatic heterocycles. The van der Waals surface area contributed by atoms with Crippen LogP contribution in [0.4, 0.5) is 5.82 Å². The quantitative estimate of drug-likeness (QED) is 0.506. The number of aromatic nitrogens is 2. The Morgan fingerprint density at radius 2 is 2.50 bits per heavy atom. The molecular formula is C7H7N3O2. The van der Waals surface area contributed by atoms with Gasteiger partial charge in [0.2, 0.25) is 5.82 Å². The Bertz CT molecular complexity index is 348. The van der Waals surface area contributed by atoms with Gasteiger partial charge >= 0.3 is 0 Å². The van der Waals surface area contributed by atoms with E-state index in [1.807, 2.05) is 0 Å². The van der Waals surface area contributed by atoms with Crippen molar-refractivity contribution in [3.8, 4) is 12.3 Å². The summed E-state index contributed by atoms with van der Waals surface area (Å²) in [5.41, 5.74) is 0.331. The van der Waals surface area contributed by atoms with Crippen LogP contribution in [0.25, 0.3) is 0 Å². The van der Waals surface area contributed by atoms with Crippen LogP contribution in [0.15, 0.2) is 5.18 Å². The molecular weight excluding hydrogens is 158 g/mol. The van der Waals surface area contributed by atoms with E-state index in [-0.39, 0.29) is 18.2 Å². The van der Waals surface area contributed by atoms with E-state index in [4.69, 9.17) is 11.5 Å². The molecule has 1 heterocycles. The lowest BCUT2D eigenvalue weighted by Crippen LogP contribution is -1.98. The fourth-order valence-electron chi connectivity index (χ4n) is 0.897. The van der Waals surface area contributed by atoms with Crippen LogP contribution in [0.2, 0.25) is 0 Å². The average molecular weight is 165 g/mol. The predicted molar refractivity (Wildman–Crippen MR) is 42.5 cm³/mol. The molecule has 1 N–H and O–H groups in total. The Hall–Kier alpha value is -1.67. The summed E-state index contributed by atoms with van der Waals surface area (Å²) in [5.74, 6) is 2.50. The van der Waals surface area contributed by atoms with E-state index in [1.54, 1.807) is 7.05 Å². The highest BCUT2D eigenvalue weighted by Crippen LogP contribution is 2.17. The minimum Gasteiger partial charge on any atom is -0.390 e. The van der Waals surface area contributed by atoms with Crippen LogP contribution in [0.5, 0.6) is 0 Å². The standard InChI is InChI=1S/C7H7N3O2/c1-3-6-8-7(9-12)5(4-11)10(6)2/h1,11H,4H2,2H3. The van der Waals surface area contributed by atoms with Crippen LogP contribution in [0, 0.1) is 17.3 Å². The number of hydrogen-bond acceptors (Lipinski definition) is 4. The van der Waals surface area contributed by atoms with E-state index in [0.717, 1.165) is 0 Å². The predicted octanol–water partition coefficient (Wildman–Crippen LogP) is 0.292. The fourth-order valence-corrected chi connectivity index (χ4v) is 0.897. The van der Waals surface area contributed by atoms with E-state index < -0.39 is 0 Å². The Labute approximate surface area is 69.0 Å². The number of nitrogens with zero attached hydrogens (tertiary/aromatic N) is 3. The first-order valence-corrected chi connectivity index (χ1v) is 3.21. The number of nitroso groups, excluding NO2 is 1. The molecule has 0 aliphatic carbocycles. The third-order valence-corrected chi connectivity index (χ3v) is 1.56. The van der Waals surface area contributed by atoms with Crippen molar-refractivity contribution in [3.63, 3.8) is 0 Å². The van der Waals surface area contributed by atoms with Crippen molar-refractivity contribution in [1.82, 2.24) is 9.55 Å². The van der Waals surface area contributed by atoms with Gasteiger partial charge in [-0.1, -0.05) is 0 Å². The molecule has 0 radical (unpaired) electrons. The van der Waals surface area contributed by atoms with Crippen molar-refractivity contribution in [3.05, 3.63) is 16.4 Å². The first kappa shape index (κ1) is 8.43. The third kappa shape index (κ3) is 1.08. The zero-order valence-corrected chi connectivity index (χ0v) is 6.48. The van der Waals surface area contributed by atoms with Crippen LogP contribution in [0.3, 0.4) is 0 Å². The molecule has 0 fully saturated rings. The summed E-state index contributed by atoms with van der Waals surface area (Å²) in [6.45, 7) is -0.299. The molecule has 12 heavy (non-hydrogen) atoms. The summed E-state index contributed by atoms with van der Waals surface area (Å²) in [6, 6.07) is 0. The van der Waals surface area contributed by atoms with Gasteiger partial charge in [-0.05, 0) is 11.1 Å². The Morgan fingerprint density at radius 1 is 1.83 bits per heavy atom. The largest absolute Gasteiger partial charge is 0.390 e. The lowest BCUT2D eigenvalue weighted by Gasteiger charge is -1.96. The zero-order chi connectivity index (χ0) is 9.14. The minimum absolute atomic E-state index is 0.0482. The molecule has 5 heteroatoms. The van der Waals surface area contributed by atoms with Crippen molar-refractivity contribution in [2.75, 3.05) is 0 Å². The first-order chi connectivity index (χ1) is 5.74. The summed E-state index contributed by atoms with van der Waals surface area (Å²) in [5, 5.41) is 11.4. The second-order valence-corrected chi connectivity index (χ2v) is 2.16. The highest BCUT2D eigenvalue weighted by Gasteiger charge is 2.12. The summed E-state index contributed by atoms with van der Waals surface area (Å²) in [6.07, 6.45) is 5.08. The summed E-state index contributed by atoms with van der Waals surface area (Å²) >= 11 is 0. The number of aliphatic hydroxyl groups excluding tert-OH is 1. The zero-order valence-electron chi connectivity index (χ0n) is 6.48. The smallest absolute Gasteiger partial charge is 0.221 e. The van der Waals surface area contributed by atoms with E-state index in [2.05, 4.69) is 16.1 Å². The van der Waals surface area contributed by atoms with E-state index in [9.17, 15) is 4.91 Å². The van der Waals surface area contributed by atoms with Crippen LogP contribution in [-0.2, 0) is 13.7 Å². The Morgan fingerprint density at radius 3 is 2.83 bits per heavy atom. The highest BCUT2D eigenvalue weighted by molar-refractivity contribution is 5.39. The normalized spacial score (nSPS) is 9.42. The maximum Gasteiger partial charge on any atom is 0.221 e. The molecule has 0 amide bonds. The van der Waals surface area contributed by atoms with Crippen LogP contribution < -0.4 is 0 Å². The number of terminal acetylenes is 1. The van der Waals surface area contributed by atoms with Gasteiger partial charge in [-0.15, -0.1) is 11.3 Å².